The predicted molar refractivity (Wildman–Crippen MR) is 67.0 cm³/mol. The number of anilines is 1. The maximum absolute atomic E-state index is 11.7. The third kappa shape index (κ3) is 4.30. The van der Waals surface area contributed by atoms with Gasteiger partial charge in [-0.3, -0.25) is 9.59 Å². The summed E-state index contributed by atoms with van der Waals surface area (Å²) in [6.07, 6.45) is -1.24. The van der Waals surface area contributed by atoms with Gasteiger partial charge in [0.25, 0.3) is 5.91 Å². The van der Waals surface area contributed by atoms with Crippen molar-refractivity contribution in [2.24, 2.45) is 0 Å². The summed E-state index contributed by atoms with van der Waals surface area (Å²) < 4.78 is 0. The van der Waals surface area contributed by atoms with Crippen LogP contribution in [0, 0.1) is 0 Å². The second kappa shape index (κ2) is 6.25. The summed E-state index contributed by atoms with van der Waals surface area (Å²) in [7, 11) is 0. The Bertz CT molecular complexity index is 499. The highest BCUT2D eigenvalue weighted by Crippen LogP contribution is 2.15. The molecule has 2 atom stereocenters. The fourth-order valence-electron chi connectivity index (χ4n) is 1.19. The van der Waals surface area contributed by atoms with Gasteiger partial charge in [0, 0.05) is 12.3 Å². The van der Waals surface area contributed by atoms with Crippen LogP contribution in [0.4, 0.5) is 5.13 Å². The quantitative estimate of drug-likeness (QED) is 0.586. The van der Waals surface area contributed by atoms with Gasteiger partial charge in [-0.25, -0.2) is 9.78 Å². The van der Waals surface area contributed by atoms with Gasteiger partial charge in [-0.15, -0.1) is 11.3 Å². The van der Waals surface area contributed by atoms with E-state index in [0.29, 0.717) is 0 Å². The molecule has 104 valence electrons. The number of amides is 2. The van der Waals surface area contributed by atoms with E-state index in [1.54, 1.807) is 0 Å². The molecule has 0 saturated heterocycles. The van der Waals surface area contributed by atoms with Crippen LogP contribution in [0.15, 0.2) is 5.38 Å². The first-order valence-electron chi connectivity index (χ1n) is 5.26. The van der Waals surface area contributed by atoms with Crippen LogP contribution < -0.4 is 10.6 Å². The van der Waals surface area contributed by atoms with E-state index in [4.69, 9.17) is 5.11 Å². The molecule has 4 N–H and O–H groups in total. The third-order valence-corrected chi connectivity index (χ3v) is 2.81. The van der Waals surface area contributed by atoms with Crippen LogP contribution in [0.1, 0.15) is 24.3 Å². The third-order valence-electron chi connectivity index (χ3n) is 2.05. The number of nitrogens with one attached hydrogen (secondary N) is 2. The van der Waals surface area contributed by atoms with Crippen LogP contribution in [0.2, 0.25) is 0 Å². The Morgan fingerprint density at radius 3 is 2.53 bits per heavy atom. The topological polar surface area (TPSA) is 129 Å². The van der Waals surface area contributed by atoms with Crippen LogP contribution in [0.3, 0.4) is 0 Å². The molecule has 0 bridgehead atoms. The van der Waals surface area contributed by atoms with Gasteiger partial charge in [0.2, 0.25) is 5.91 Å². The molecule has 0 aromatic carbocycles. The second-order valence-corrected chi connectivity index (χ2v) is 4.61. The average Bonchev–Trinajstić information content (AvgIpc) is 2.72. The summed E-state index contributed by atoms with van der Waals surface area (Å²) in [5.41, 5.74) is -0.0272. The van der Waals surface area contributed by atoms with E-state index in [0.717, 1.165) is 11.3 Å². The lowest BCUT2D eigenvalue weighted by molar-refractivity contribution is -0.141. The van der Waals surface area contributed by atoms with Crippen LogP contribution in [0.5, 0.6) is 0 Å². The lowest BCUT2D eigenvalue weighted by Gasteiger charge is -2.16. The Hall–Kier alpha value is -2.00. The van der Waals surface area contributed by atoms with Crippen LogP contribution >= 0.6 is 11.3 Å². The summed E-state index contributed by atoms with van der Waals surface area (Å²) in [4.78, 5) is 37.1. The van der Waals surface area contributed by atoms with Crippen molar-refractivity contribution in [1.29, 1.82) is 0 Å². The summed E-state index contributed by atoms with van der Waals surface area (Å²) in [5.74, 6) is -2.41. The van der Waals surface area contributed by atoms with Gasteiger partial charge in [0.05, 0.1) is 6.10 Å². The largest absolute Gasteiger partial charge is 0.480 e. The van der Waals surface area contributed by atoms with Crippen LogP contribution in [-0.4, -0.2) is 45.1 Å². The van der Waals surface area contributed by atoms with Crippen molar-refractivity contribution in [2.45, 2.75) is 26.0 Å². The number of aliphatic hydroxyl groups excluding tert-OH is 1. The number of carbonyl (C=O) groups is 3. The second-order valence-electron chi connectivity index (χ2n) is 3.75. The van der Waals surface area contributed by atoms with Crippen molar-refractivity contribution in [2.75, 3.05) is 5.32 Å². The molecule has 9 heteroatoms. The Balaban J connectivity index is 2.75. The van der Waals surface area contributed by atoms with E-state index in [9.17, 15) is 19.5 Å². The van der Waals surface area contributed by atoms with Crippen molar-refractivity contribution in [3.63, 3.8) is 0 Å². The number of carboxylic acid groups (broad SMARTS) is 1. The molecular weight excluding hydrogens is 274 g/mol. The van der Waals surface area contributed by atoms with Gasteiger partial charge in [0.15, 0.2) is 11.2 Å². The smallest absolute Gasteiger partial charge is 0.328 e. The monoisotopic (exact) mass is 287 g/mol. The zero-order chi connectivity index (χ0) is 14.6. The molecule has 2 amide bonds. The van der Waals surface area contributed by atoms with E-state index >= 15 is 0 Å². The summed E-state index contributed by atoms with van der Waals surface area (Å²) in [5, 5.41) is 24.2. The van der Waals surface area contributed by atoms with Crippen molar-refractivity contribution in [3.05, 3.63) is 11.1 Å². The lowest BCUT2D eigenvalue weighted by atomic mass is 10.2. The number of rotatable bonds is 5. The van der Waals surface area contributed by atoms with Gasteiger partial charge >= 0.3 is 5.97 Å². The Kier molecular flexibility index (Phi) is 4.95. The fraction of sp³-hybridized carbons (Fsp3) is 0.400. The highest BCUT2D eigenvalue weighted by molar-refractivity contribution is 7.14. The predicted octanol–water partition coefficient (Wildman–Crippen LogP) is -0.335. The Labute approximate surface area is 112 Å². The molecule has 0 aliphatic rings. The van der Waals surface area contributed by atoms with Crippen LogP contribution in [-0.2, 0) is 9.59 Å². The van der Waals surface area contributed by atoms with Crippen molar-refractivity contribution >= 4 is 34.3 Å². The standard InChI is InChI=1S/C10H13N3O5S/c1-4(14)7(9(17)18)13-8(16)6-3-19-10(12-6)11-5(2)15/h3-4,7,14H,1-2H3,(H,13,16)(H,17,18)(H,11,12,15)/t4-,7+/m1/s1. The molecule has 1 aromatic heterocycles. The van der Waals surface area contributed by atoms with Crippen molar-refractivity contribution < 1.29 is 24.6 Å². The maximum Gasteiger partial charge on any atom is 0.328 e. The average molecular weight is 287 g/mol. The molecule has 0 unspecified atom stereocenters. The molecular formula is C10H13N3O5S. The summed E-state index contributed by atoms with van der Waals surface area (Å²) >= 11 is 1.04. The minimum Gasteiger partial charge on any atom is -0.480 e. The molecule has 0 spiro atoms. The number of hydrogen-bond donors (Lipinski definition) is 4. The first kappa shape index (κ1) is 15.1. The molecule has 0 aliphatic carbocycles. The van der Waals surface area contributed by atoms with Gasteiger partial charge in [0.1, 0.15) is 5.69 Å². The number of nitrogens with zero attached hydrogens (tertiary/aromatic N) is 1. The van der Waals surface area contributed by atoms with Gasteiger partial charge in [-0.2, -0.15) is 0 Å². The van der Waals surface area contributed by atoms with E-state index in [1.165, 1.54) is 19.2 Å². The van der Waals surface area contributed by atoms with E-state index < -0.39 is 24.0 Å². The van der Waals surface area contributed by atoms with Gasteiger partial charge in [-0.05, 0) is 6.92 Å². The SMILES string of the molecule is CC(=O)Nc1nc(C(=O)N[C@H](C(=O)O)[C@@H](C)O)cs1. The van der Waals surface area contributed by atoms with Crippen LogP contribution in [0.25, 0.3) is 0 Å². The molecule has 8 nitrogen and oxygen atoms in total. The molecule has 0 fully saturated rings. The highest BCUT2D eigenvalue weighted by Gasteiger charge is 2.26. The van der Waals surface area contributed by atoms with E-state index in [1.807, 2.05) is 0 Å². The van der Waals surface area contributed by atoms with Gasteiger partial charge in [-0.1, -0.05) is 0 Å². The van der Waals surface area contributed by atoms with E-state index in [2.05, 4.69) is 15.6 Å². The zero-order valence-electron chi connectivity index (χ0n) is 10.2. The number of carbonyl (C=O) groups excluding carboxylic acids is 2. The first-order valence-corrected chi connectivity index (χ1v) is 6.14. The molecule has 0 saturated carbocycles. The zero-order valence-corrected chi connectivity index (χ0v) is 11.0. The normalized spacial score (nSPS) is 13.4. The minimum absolute atomic E-state index is 0.0272. The summed E-state index contributed by atoms with van der Waals surface area (Å²) in [6, 6.07) is -1.42. The van der Waals surface area contributed by atoms with E-state index in [-0.39, 0.29) is 16.7 Å². The molecule has 1 heterocycles. The van der Waals surface area contributed by atoms with Crippen molar-refractivity contribution in [3.8, 4) is 0 Å². The molecule has 19 heavy (non-hydrogen) atoms. The summed E-state index contributed by atoms with van der Waals surface area (Å²) in [6.45, 7) is 2.55. The number of aliphatic carboxylic acids is 1. The highest BCUT2D eigenvalue weighted by atomic mass is 32.1. The number of hydrogen-bond acceptors (Lipinski definition) is 6. The number of aliphatic hydroxyl groups is 1. The number of aromatic nitrogens is 1. The Morgan fingerprint density at radius 2 is 2.05 bits per heavy atom. The Morgan fingerprint density at radius 1 is 1.42 bits per heavy atom. The number of carboxylic acids is 1. The minimum atomic E-state index is -1.42. The fourth-order valence-corrected chi connectivity index (χ4v) is 1.93. The van der Waals surface area contributed by atoms with Crippen molar-refractivity contribution in [1.82, 2.24) is 10.3 Å². The molecule has 0 radical (unpaired) electrons. The lowest BCUT2D eigenvalue weighted by Crippen LogP contribution is -2.47. The maximum atomic E-state index is 11.7. The molecule has 0 aliphatic heterocycles. The van der Waals surface area contributed by atoms with Gasteiger partial charge < -0.3 is 20.8 Å². The molecule has 1 aromatic rings. The molecule has 1 rings (SSSR count). The number of thiazole rings is 1. The first-order chi connectivity index (χ1) is 8.81.